The van der Waals surface area contributed by atoms with E-state index >= 15 is 0 Å². The minimum absolute atomic E-state index is 0.0791. The lowest BCUT2D eigenvalue weighted by atomic mass is 10.3. The molecular weight excluding hydrogens is 268 g/mol. The quantitative estimate of drug-likeness (QED) is 0.750. The molecule has 0 saturated carbocycles. The molecule has 0 spiro atoms. The third kappa shape index (κ3) is 4.55. The zero-order valence-corrected chi connectivity index (χ0v) is 12.3. The summed E-state index contributed by atoms with van der Waals surface area (Å²) in [5.74, 6) is 2.18. The molecule has 2 heterocycles. The first-order chi connectivity index (χ1) is 10.2. The van der Waals surface area contributed by atoms with E-state index in [1.54, 1.807) is 10.9 Å². The lowest BCUT2D eigenvalue weighted by Gasteiger charge is -2.09. The highest BCUT2D eigenvalue weighted by molar-refractivity contribution is 5.75. The molecule has 21 heavy (non-hydrogen) atoms. The van der Waals surface area contributed by atoms with Gasteiger partial charge in [-0.05, 0) is 19.4 Å². The van der Waals surface area contributed by atoms with Crippen LogP contribution >= 0.6 is 0 Å². The number of hydrogen-bond donors (Lipinski definition) is 2. The fourth-order valence-corrected chi connectivity index (χ4v) is 1.87. The van der Waals surface area contributed by atoms with Crippen molar-refractivity contribution in [2.75, 3.05) is 18.4 Å². The van der Waals surface area contributed by atoms with Crippen molar-refractivity contribution in [3.8, 4) is 5.82 Å². The zero-order chi connectivity index (χ0) is 15.1. The molecule has 0 atom stereocenters. The largest absolute Gasteiger partial charge is 0.368 e. The highest BCUT2D eigenvalue weighted by Gasteiger charge is 2.04. The molecule has 0 saturated heterocycles. The van der Waals surface area contributed by atoms with Gasteiger partial charge in [0.2, 0.25) is 5.91 Å². The summed E-state index contributed by atoms with van der Waals surface area (Å²) in [6.07, 6.45) is 4.96. The Balaban J connectivity index is 1.90. The van der Waals surface area contributed by atoms with Gasteiger partial charge >= 0.3 is 0 Å². The second-order valence-electron chi connectivity index (χ2n) is 4.64. The molecule has 1 amide bonds. The smallest absolute Gasteiger partial charge is 0.220 e. The van der Waals surface area contributed by atoms with Crippen LogP contribution in [0.25, 0.3) is 5.82 Å². The molecule has 0 aromatic carbocycles. The molecule has 7 heteroatoms. The summed E-state index contributed by atoms with van der Waals surface area (Å²) in [6.45, 7) is 5.00. The van der Waals surface area contributed by atoms with Crippen LogP contribution < -0.4 is 10.6 Å². The van der Waals surface area contributed by atoms with Crippen LogP contribution in [0.1, 0.15) is 25.6 Å². The fourth-order valence-electron chi connectivity index (χ4n) is 1.87. The van der Waals surface area contributed by atoms with E-state index in [1.165, 1.54) is 0 Å². The van der Waals surface area contributed by atoms with Crippen LogP contribution in [-0.4, -0.2) is 38.7 Å². The molecule has 2 aromatic rings. The van der Waals surface area contributed by atoms with Gasteiger partial charge in [0.05, 0.1) is 0 Å². The SMILES string of the molecule is CCCC(=O)NCCNc1cc(-n2cccn2)nc(C)n1. The number of nitrogens with one attached hydrogen (secondary N) is 2. The van der Waals surface area contributed by atoms with Gasteiger partial charge in [-0.15, -0.1) is 0 Å². The van der Waals surface area contributed by atoms with Crippen LogP contribution in [0.15, 0.2) is 24.5 Å². The normalized spacial score (nSPS) is 10.4. The average Bonchev–Trinajstić information content (AvgIpc) is 2.97. The minimum atomic E-state index is 0.0791. The number of anilines is 1. The van der Waals surface area contributed by atoms with Gasteiger partial charge < -0.3 is 10.6 Å². The van der Waals surface area contributed by atoms with Crippen molar-refractivity contribution in [1.82, 2.24) is 25.1 Å². The Labute approximate surface area is 123 Å². The van der Waals surface area contributed by atoms with Gasteiger partial charge in [0.25, 0.3) is 0 Å². The lowest BCUT2D eigenvalue weighted by Crippen LogP contribution is -2.28. The molecule has 0 aliphatic carbocycles. The van der Waals surface area contributed by atoms with Gasteiger partial charge in [0.1, 0.15) is 11.6 Å². The van der Waals surface area contributed by atoms with Gasteiger partial charge in [-0.3, -0.25) is 4.79 Å². The molecule has 0 unspecified atom stereocenters. The number of aryl methyl sites for hydroxylation is 1. The zero-order valence-electron chi connectivity index (χ0n) is 12.3. The summed E-state index contributed by atoms with van der Waals surface area (Å²) in [4.78, 5) is 20.0. The molecule has 0 bridgehead atoms. The second kappa shape index (κ2) is 7.37. The highest BCUT2D eigenvalue weighted by Crippen LogP contribution is 2.09. The summed E-state index contributed by atoms with van der Waals surface area (Å²) in [5, 5.41) is 10.2. The summed E-state index contributed by atoms with van der Waals surface area (Å²) >= 11 is 0. The van der Waals surface area contributed by atoms with E-state index in [2.05, 4.69) is 25.7 Å². The molecule has 2 N–H and O–H groups in total. The summed E-state index contributed by atoms with van der Waals surface area (Å²) in [6, 6.07) is 3.67. The fraction of sp³-hybridized carbons (Fsp3) is 0.429. The standard InChI is InChI=1S/C14H20N6O/c1-3-5-14(21)16-8-7-15-12-10-13(19-11(2)18-12)20-9-4-6-17-20/h4,6,9-10H,3,5,7-8H2,1-2H3,(H,16,21)(H,15,18,19). The average molecular weight is 288 g/mol. The van der Waals surface area contributed by atoms with Crippen LogP contribution in [0, 0.1) is 6.92 Å². The Morgan fingerprint density at radius 1 is 1.33 bits per heavy atom. The van der Waals surface area contributed by atoms with Gasteiger partial charge in [0, 0.05) is 38.0 Å². The van der Waals surface area contributed by atoms with Crippen molar-refractivity contribution in [2.24, 2.45) is 0 Å². The van der Waals surface area contributed by atoms with Crippen LogP contribution in [0.4, 0.5) is 5.82 Å². The maximum atomic E-state index is 11.3. The molecule has 2 rings (SSSR count). The molecule has 0 radical (unpaired) electrons. The number of carbonyl (C=O) groups excluding carboxylic acids is 1. The predicted molar refractivity (Wildman–Crippen MR) is 80.3 cm³/mol. The number of aromatic nitrogens is 4. The van der Waals surface area contributed by atoms with Crippen molar-refractivity contribution in [1.29, 1.82) is 0 Å². The topological polar surface area (TPSA) is 84.7 Å². The Kier molecular flexibility index (Phi) is 5.25. The number of nitrogens with zero attached hydrogens (tertiary/aromatic N) is 4. The van der Waals surface area contributed by atoms with Crippen molar-refractivity contribution in [2.45, 2.75) is 26.7 Å². The van der Waals surface area contributed by atoms with E-state index in [-0.39, 0.29) is 5.91 Å². The Hall–Kier alpha value is -2.44. The number of carbonyl (C=O) groups is 1. The first kappa shape index (κ1) is 15.0. The van der Waals surface area contributed by atoms with E-state index in [4.69, 9.17) is 0 Å². The molecule has 7 nitrogen and oxygen atoms in total. The molecule has 0 aliphatic heterocycles. The van der Waals surface area contributed by atoms with Gasteiger partial charge in [-0.25, -0.2) is 14.6 Å². The molecule has 2 aromatic heterocycles. The third-order valence-corrected chi connectivity index (χ3v) is 2.79. The summed E-state index contributed by atoms with van der Waals surface area (Å²) in [5.41, 5.74) is 0. The predicted octanol–water partition coefficient (Wildman–Crippen LogP) is 1.30. The summed E-state index contributed by atoms with van der Waals surface area (Å²) in [7, 11) is 0. The van der Waals surface area contributed by atoms with Crippen molar-refractivity contribution < 1.29 is 4.79 Å². The molecule has 0 fully saturated rings. The minimum Gasteiger partial charge on any atom is -0.368 e. The highest BCUT2D eigenvalue weighted by atomic mass is 16.1. The van der Waals surface area contributed by atoms with E-state index < -0.39 is 0 Å². The van der Waals surface area contributed by atoms with Crippen molar-refractivity contribution in [3.63, 3.8) is 0 Å². The Bertz CT molecular complexity index is 581. The van der Waals surface area contributed by atoms with Crippen LogP contribution in [-0.2, 0) is 4.79 Å². The first-order valence-corrected chi connectivity index (χ1v) is 7.05. The van der Waals surface area contributed by atoms with Crippen LogP contribution in [0.3, 0.4) is 0 Å². The molecule has 0 aliphatic rings. The monoisotopic (exact) mass is 288 g/mol. The third-order valence-electron chi connectivity index (χ3n) is 2.79. The maximum Gasteiger partial charge on any atom is 0.220 e. The van der Waals surface area contributed by atoms with E-state index in [9.17, 15) is 4.79 Å². The maximum absolute atomic E-state index is 11.3. The Morgan fingerprint density at radius 2 is 2.19 bits per heavy atom. The summed E-state index contributed by atoms with van der Waals surface area (Å²) < 4.78 is 1.68. The van der Waals surface area contributed by atoms with Gasteiger partial charge in [-0.2, -0.15) is 5.10 Å². The second-order valence-corrected chi connectivity index (χ2v) is 4.64. The number of amides is 1. The molecule has 112 valence electrons. The lowest BCUT2D eigenvalue weighted by molar-refractivity contribution is -0.121. The van der Waals surface area contributed by atoms with Crippen LogP contribution in [0.2, 0.25) is 0 Å². The van der Waals surface area contributed by atoms with E-state index in [1.807, 2.05) is 32.2 Å². The number of hydrogen-bond acceptors (Lipinski definition) is 5. The van der Waals surface area contributed by atoms with E-state index in [0.29, 0.717) is 31.2 Å². The van der Waals surface area contributed by atoms with Crippen molar-refractivity contribution >= 4 is 11.7 Å². The first-order valence-electron chi connectivity index (χ1n) is 7.05. The van der Waals surface area contributed by atoms with Gasteiger partial charge in [-0.1, -0.05) is 6.92 Å². The van der Waals surface area contributed by atoms with Crippen LogP contribution in [0.5, 0.6) is 0 Å². The van der Waals surface area contributed by atoms with Gasteiger partial charge in [0.15, 0.2) is 5.82 Å². The molecular formula is C14H20N6O. The number of rotatable bonds is 7. The Morgan fingerprint density at radius 3 is 2.90 bits per heavy atom. The van der Waals surface area contributed by atoms with E-state index in [0.717, 1.165) is 12.2 Å². The van der Waals surface area contributed by atoms with Crippen molar-refractivity contribution in [3.05, 3.63) is 30.4 Å².